The van der Waals surface area contributed by atoms with E-state index in [9.17, 15) is 0 Å². The minimum Gasteiger partial charge on any atom is -0.0622 e. The van der Waals surface area contributed by atoms with Crippen molar-refractivity contribution in [1.29, 1.82) is 0 Å². The van der Waals surface area contributed by atoms with Crippen molar-refractivity contribution in [3.8, 4) is 0 Å². The molecular weight excluding hydrogens is 324 g/mol. The Morgan fingerprint density at radius 1 is 0.333 bits per heavy atom. The highest BCUT2D eigenvalue weighted by Crippen LogP contribution is 2.56. The lowest BCUT2D eigenvalue weighted by atomic mass is 10.1. The van der Waals surface area contributed by atoms with Crippen molar-refractivity contribution in [3.05, 3.63) is 0 Å². The van der Waals surface area contributed by atoms with E-state index in [4.69, 9.17) is 0 Å². The molecule has 0 aromatic rings. The van der Waals surface area contributed by atoms with Crippen molar-refractivity contribution in [2.45, 2.75) is 99.3 Å². The first-order valence-electron chi connectivity index (χ1n) is 12.8. The van der Waals surface area contributed by atoms with Gasteiger partial charge in [0, 0.05) is 0 Å². The maximum absolute atomic E-state index is 2.42. The van der Waals surface area contributed by atoms with Gasteiger partial charge >= 0.3 is 0 Å². The van der Waals surface area contributed by atoms with Gasteiger partial charge in [-0.3, -0.25) is 0 Å². The minimum absolute atomic E-state index is 1.05. The van der Waals surface area contributed by atoms with E-state index in [1.54, 1.807) is 38.5 Å². The Morgan fingerprint density at radius 3 is 0.741 bits per heavy atom. The molecule has 0 nitrogen and oxygen atoms in total. The van der Waals surface area contributed by atoms with Crippen LogP contribution in [-0.2, 0) is 0 Å². The van der Waals surface area contributed by atoms with Crippen molar-refractivity contribution in [2.75, 3.05) is 0 Å². The average Bonchev–Trinajstić information content (AvgIpc) is 3.36. The standard InChI is InChI=1S/C13H22.C9H16.C5H10/c1-8-3-10(8)5-12-7-13(12)6-11-4-9(11)2;1-6-3-8(6)5-9-4-7(9)2;1-4-3-5(4)2/h8-13H,3-7H2,1-2H3;6-9H,3-5H2,1-2H3;4-5H,3H2,1-2H3. The molecule has 0 saturated heterocycles. The summed E-state index contributed by atoms with van der Waals surface area (Å²) in [6, 6.07) is 0. The summed E-state index contributed by atoms with van der Waals surface area (Å²) in [6.45, 7) is 14.2. The first kappa shape index (κ1) is 20.3. The summed E-state index contributed by atoms with van der Waals surface area (Å²) in [6.07, 6.45) is 14.0. The van der Waals surface area contributed by atoms with E-state index >= 15 is 0 Å². The summed E-state index contributed by atoms with van der Waals surface area (Å²) >= 11 is 0. The molecule has 6 rings (SSSR count). The maximum atomic E-state index is 2.42. The van der Waals surface area contributed by atoms with Gasteiger partial charge in [-0.2, -0.15) is 0 Å². The van der Waals surface area contributed by atoms with Gasteiger partial charge in [-0.05, 0) is 129 Å². The molecule has 0 radical (unpaired) electrons. The molecule has 0 aliphatic heterocycles. The quantitative estimate of drug-likeness (QED) is 0.442. The van der Waals surface area contributed by atoms with Crippen LogP contribution >= 0.6 is 0 Å². The highest BCUT2D eigenvalue weighted by molar-refractivity contribution is 4.97. The predicted octanol–water partition coefficient (Wildman–Crippen LogP) is 8.07. The molecule has 6 fully saturated rings. The Balaban J connectivity index is 0.000000111. The molecular formula is C27H48. The van der Waals surface area contributed by atoms with Crippen LogP contribution in [0.3, 0.4) is 0 Å². The van der Waals surface area contributed by atoms with E-state index in [1.165, 1.54) is 31.1 Å². The maximum Gasteiger partial charge on any atom is -0.0380 e. The Kier molecular flexibility index (Phi) is 6.03. The Labute approximate surface area is 170 Å². The lowest BCUT2D eigenvalue weighted by Crippen LogP contribution is -1.89. The van der Waals surface area contributed by atoms with E-state index in [0.717, 1.165) is 59.2 Å². The third kappa shape index (κ3) is 6.50. The van der Waals surface area contributed by atoms with Gasteiger partial charge in [0.15, 0.2) is 0 Å². The predicted molar refractivity (Wildman–Crippen MR) is 117 cm³/mol. The van der Waals surface area contributed by atoms with E-state index in [-0.39, 0.29) is 0 Å². The first-order chi connectivity index (χ1) is 12.8. The zero-order valence-corrected chi connectivity index (χ0v) is 19.3. The molecule has 156 valence electrons. The van der Waals surface area contributed by atoms with Crippen molar-refractivity contribution in [2.24, 2.45) is 71.0 Å². The molecule has 6 saturated carbocycles. The fraction of sp³-hybridized carbons (Fsp3) is 1.00. The molecule has 0 N–H and O–H groups in total. The summed E-state index contributed by atoms with van der Waals surface area (Å²) < 4.78 is 0. The monoisotopic (exact) mass is 372 g/mol. The smallest absolute Gasteiger partial charge is 0.0380 e. The molecule has 0 bridgehead atoms. The van der Waals surface area contributed by atoms with Crippen LogP contribution in [0.1, 0.15) is 99.3 Å². The Hall–Kier alpha value is 0. The fourth-order valence-corrected chi connectivity index (χ4v) is 5.47. The summed E-state index contributed by atoms with van der Waals surface area (Å²) in [5.74, 6) is 13.3. The first-order valence-corrected chi connectivity index (χ1v) is 12.8. The van der Waals surface area contributed by atoms with Gasteiger partial charge in [0.05, 0.1) is 0 Å². The van der Waals surface area contributed by atoms with Gasteiger partial charge in [0.25, 0.3) is 0 Å². The molecule has 12 atom stereocenters. The topological polar surface area (TPSA) is 0 Å². The molecule has 6 aliphatic carbocycles. The second-order valence-electron chi connectivity index (χ2n) is 12.5. The third-order valence-corrected chi connectivity index (χ3v) is 9.50. The molecule has 0 amide bonds. The van der Waals surface area contributed by atoms with E-state index in [1.807, 2.05) is 0 Å². The fourth-order valence-electron chi connectivity index (χ4n) is 5.47. The third-order valence-electron chi connectivity index (χ3n) is 9.50. The van der Waals surface area contributed by atoms with Gasteiger partial charge in [0.1, 0.15) is 0 Å². The molecule has 27 heavy (non-hydrogen) atoms. The molecule has 0 aromatic carbocycles. The number of hydrogen-bond donors (Lipinski definition) is 0. The summed E-state index contributed by atoms with van der Waals surface area (Å²) in [5, 5.41) is 0. The van der Waals surface area contributed by atoms with Crippen LogP contribution in [0.5, 0.6) is 0 Å². The van der Waals surface area contributed by atoms with Crippen molar-refractivity contribution < 1.29 is 0 Å². The van der Waals surface area contributed by atoms with Crippen LogP contribution in [0.2, 0.25) is 0 Å². The molecule has 12 unspecified atom stereocenters. The van der Waals surface area contributed by atoms with Gasteiger partial charge in [-0.15, -0.1) is 0 Å². The zero-order chi connectivity index (χ0) is 19.3. The number of hydrogen-bond acceptors (Lipinski definition) is 0. The second kappa shape index (κ2) is 8.02. The molecule has 6 aliphatic rings. The Morgan fingerprint density at radius 2 is 0.556 bits per heavy atom. The normalized spacial score (nSPS) is 55.3. The minimum atomic E-state index is 1.05. The highest BCUT2D eigenvalue weighted by atomic mass is 14.5. The average molecular weight is 373 g/mol. The van der Waals surface area contributed by atoms with Crippen molar-refractivity contribution in [3.63, 3.8) is 0 Å². The Bertz CT molecular complexity index is 452. The summed E-state index contributed by atoms with van der Waals surface area (Å²) in [5.41, 5.74) is 0. The summed E-state index contributed by atoms with van der Waals surface area (Å²) in [4.78, 5) is 0. The molecule has 0 aromatic heterocycles. The molecule has 0 spiro atoms. The second-order valence-corrected chi connectivity index (χ2v) is 12.5. The van der Waals surface area contributed by atoms with Crippen LogP contribution in [0, 0.1) is 71.0 Å². The van der Waals surface area contributed by atoms with Crippen LogP contribution < -0.4 is 0 Å². The van der Waals surface area contributed by atoms with Crippen LogP contribution in [0.25, 0.3) is 0 Å². The van der Waals surface area contributed by atoms with Crippen molar-refractivity contribution in [1.82, 2.24) is 0 Å². The van der Waals surface area contributed by atoms with Crippen LogP contribution in [-0.4, -0.2) is 0 Å². The summed E-state index contributed by atoms with van der Waals surface area (Å²) in [7, 11) is 0. The van der Waals surface area contributed by atoms with E-state index in [2.05, 4.69) is 41.5 Å². The van der Waals surface area contributed by atoms with E-state index in [0.29, 0.717) is 0 Å². The van der Waals surface area contributed by atoms with Crippen molar-refractivity contribution >= 4 is 0 Å². The highest BCUT2D eigenvalue weighted by Gasteiger charge is 2.47. The van der Waals surface area contributed by atoms with Gasteiger partial charge in [-0.1, -0.05) is 41.5 Å². The van der Waals surface area contributed by atoms with Gasteiger partial charge in [-0.25, -0.2) is 0 Å². The van der Waals surface area contributed by atoms with Gasteiger partial charge in [0.2, 0.25) is 0 Å². The van der Waals surface area contributed by atoms with E-state index < -0.39 is 0 Å². The molecule has 0 heteroatoms. The van der Waals surface area contributed by atoms with Crippen LogP contribution in [0.4, 0.5) is 0 Å². The largest absolute Gasteiger partial charge is 0.0622 e. The van der Waals surface area contributed by atoms with Crippen LogP contribution in [0.15, 0.2) is 0 Å². The lowest BCUT2D eigenvalue weighted by Gasteiger charge is -1.97. The SMILES string of the molecule is CC1CC1C.CC1CC1CC1CC1C.CC1CC1CC1CC1CC1CC1C. The zero-order valence-electron chi connectivity index (χ0n) is 19.3. The molecule has 0 heterocycles. The lowest BCUT2D eigenvalue weighted by molar-refractivity contribution is 0.523. The number of rotatable bonds is 6. The van der Waals surface area contributed by atoms with Gasteiger partial charge < -0.3 is 0 Å².